The van der Waals surface area contributed by atoms with E-state index in [4.69, 9.17) is 10.3 Å². The van der Waals surface area contributed by atoms with Gasteiger partial charge in [-0.3, -0.25) is 4.79 Å². The van der Waals surface area contributed by atoms with Crippen LogP contribution in [0.25, 0.3) is 11.3 Å². The van der Waals surface area contributed by atoms with E-state index in [1.165, 1.54) is 0 Å². The van der Waals surface area contributed by atoms with Gasteiger partial charge < -0.3 is 15.2 Å². The second-order valence-corrected chi connectivity index (χ2v) is 6.68. The van der Waals surface area contributed by atoms with Gasteiger partial charge in [0.05, 0.1) is 17.0 Å². The van der Waals surface area contributed by atoms with Crippen LogP contribution >= 0.6 is 0 Å². The van der Waals surface area contributed by atoms with Crippen LogP contribution in [0.4, 0.5) is 0 Å². The van der Waals surface area contributed by atoms with Crippen molar-refractivity contribution in [3.05, 3.63) is 29.5 Å². The van der Waals surface area contributed by atoms with Crippen LogP contribution in [0.3, 0.4) is 0 Å². The molecule has 0 unspecified atom stereocenters. The second kappa shape index (κ2) is 7.74. The van der Waals surface area contributed by atoms with Gasteiger partial charge in [0.15, 0.2) is 0 Å². The van der Waals surface area contributed by atoms with E-state index in [9.17, 15) is 4.79 Å². The van der Waals surface area contributed by atoms with Crippen molar-refractivity contribution in [1.29, 1.82) is 0 Å². The largest absolute Gasteiger partial charge is 0.361 e. The van der Waals surface area contributed by atoms with Crippen molar-refractivity contribution in [3.63, 3.8) is 0 Å². The Labute approximate surface area is 147 Å². The maximum absolute atomic E-state index is 12.1. The fourth-order valence-electron chi connectivity index (χ4n) is 3.53. The summed E-state index contributed by atoms with van der Waals surface area (Å²) in [5.41, 5.74) is 9.10. The molecule has 2 aromatic heterocycles. The number of rotatable bonds is 5. The molecule has 1 fully saturated rings. The average molecular weight is 343 g/mol. The highest BCUT2D eigenvalue weighted by atomic mass is 16.5. The summed E-state index contributed by atoms with van der Waals surface area (Å²) < 4.78 is 5.24. The van der Waals surface area contributed by atoms with Gasteiger partial charge in [-0.25, -0.2) is 9.97 Å². The number of amides is 1. The summed E-state index contributed by atoms with van der Waals surface area (Å²) in [5, 5.41) is 3.99. The highest BCUT2D eigenvalue weighted by Gasteiger charge is 2.24. The molecule has 0 spiro atoms. The van der Waals surface area contributed by atoms with Gasteiger partial charge in [0.25, 0.3) is 0 Å². The molecule has 1 atom stereocenters. The maximum Gasteiger partial charge on any atom is 0.223 e. The quantitative estimate of drug-likeness (QED) is 0.890. The minimum Gasteiger partial charge on any atom is -0.361 e. The number of hydrogen-bond donors (Lipinski definition) is 1. The molecule has 3 rings (SSSR count). The van der Waals surface area contributed by atoms with E-state index in [0.717, 1.165) is 60.8 Å². The summed E-state index contributed by atoms with van der Waals surface area (Å²) in [4.78, 5) is 22.8. The van der Waals surface area contributed by atoms with Crippen LogP contribution in [-0.2, 0) is 11.2 Å². The lowest BCUT2D eigenvalue weighted by Gasteiger charge is -2.32. The van der Waals surface area contributed by atoms with E-state index in [-0.39, 0.29) is 5.91 Å². The minimum absolute atomic E-state index is 0.159. The monoisotopic (exact) mass is 343 g/mol. The molecule has 0 radical (unpaired) electrons. The van der Waals surface area contributed by atoms with Crippen molar-refractivity contribution in [2.24, 2.45) is 11.7 Å². The molecular weight excluding hydrogens is 318 g/mol. The van der Waals surface area contributed by atoms with Gasteiger partial charge in [0, 0.05) is 31.7 Å². The molecule has 2 N–H and O–H groups in total. The lowest BCUT2D eigenvalue weighted by atomic mass is 9.92. The summed E-state index contributed by atoms with van der Waals surface area (Å²) in [6.45, 7) is 5.83. The molecular formula is C18H25N5O2. The van der Waals surface area contributed by atoms with E-state index in [2.05, 4.69) is 15.1 Å². The zero-order valence-electron chi connectivity index (χ0n) is 14.9. The van der Waals surface area contributed by atoms with E-state index >= 15 is 0 Å². The van der Waals surface area contributed by atoms with E-state index in [1.807, 2.05) is 24.8 Å². The summed E-state index contributed by atoms with van der Waals surface area (Å²) in [5.74, 6) is 1.34. The van der Waals surface area contributed by atoms with Gasteiger partial charge in [-0.1, -0.05) is 5.16 Å². The van der Waals surface area contributed by atoms with Crippen molar-refractivity contribution in [2.75, 3.05) is 19.6 Å². The number of nitrogens with zero attached hydrogens (tertiary/aromatic N) is 4. The van der Waals surface area contributed by atoms with E-state index < -0.39 is 0 Å². The fourth-order valence-corrected chi connectivity index (χ4v) is 3.53. The highest BCUT2D eigenvalue weighted by molar-refractivity contribution is 5.76. The Hall–Kier alpha value is -2.28. The Morgan fingerprint density at radius 1 is 1.40 bits per heavy atom. The van der Waals surface area contributed by atoms with E-state index in [0.29, 0.717) is 18.9 Å². The number of likely N-dealkylation sites (tertiary alicyclic amines) is 1. The molecule has 25 heavy (non-hydrogen) atoms. The van der Waals surface area contributed by atoms with Crippen LogP contribution in [0.5, 0.6) is 0 Å². The van der Waals surface area contributed by atoms with Crippen LogP contribution in [0.2, 0.25) is 0 Å². The third-order valence-electron chi connectivity index (χ3n) is 4.74. The molecule has 2 aromatic rings. The first-order chi connectivity index (χ1) is 12.1. The Morgan fingerprint density at radius 2 is 2.24 bits per heavy atom. The second-order valence-electron chi connectivity index (χ2n) is 6.68. The fraction of sp³-hybridized carbons (Fsp3) is 0.556. The number of piperidine rings is 1. The van der Waals surface area contributed by atoms with Crippen LogP contribution in [-0.4, -0.2) is 45.6 Å². The van der Waals surface area contributed by atoms with Crippen LogP contribution in [0.15, 0.2) is 16.9 Å². The number of aryl methyl sites for hydroxylation is 2. The SMILES string of the molecule is Cc1noc(C)c1-c1cc(C[C@@H]2CCCN(C(=O)CCN)C2)ncn1. The summed E-state index contributed by atoms with van der Waals surface area (Å²) in [6, 6.07) is 2.01. The number of carbonyl (C=O) groups excluding carboxylic acids is 1. The lowest BCUT2D eigenvalue weighted by molar-refractivity contribution is -0.132. The smallest absolute Gasteiger partial charge is 0.223 e. The van der Waals surface area contributed by atoms with E-state index in [1.54, 1.807) is 6.33 Å². The van der Waals surface area contributed by atoms with Crippen molar-refractivity contribution >= 4 is 5.91 Å². The Bertz CT molecular complexity index is 723. The molecule has 3 heterocycles. The Morgan fingerprint density at radius 3 is 2.96 bits per heavy atom. The van der Waals surface area contributed by atoms with Crippen molar-refractivity contribution < 1.29 is 9.32 Å². The standard InChI is InChI=1S/C18H25N5O2/c1-12-18(13(2)25-22-12)16-9-15(20-11-21-16)8-14-4-3-7-23(10-14)17(24)5-6-19/h9,11,14H,3-8,10,19H2,1-2H3/t14-/m0/s1. The molecule has 0 bridgehead atoms. The third kappa shape index (κ3) is 4.04. The number of hydrogen-bond acceptors (Lipinski definition) is 6. The normalized spacial score (nSPS) is 17.7. The van der Waals surface area contributed by atoms with Gasteiger partial charge in [0.1, 0.15) is 12.1 Å². The highest BCUT2D eigenvalue weighted by Crippen LogP contribution is 2.26. The molecule has 134 valence electrons. The zero-order valence-corrected chi connectivity index (χ0v) is 14.9. The molecule has 1 amide bonds. The molecule has 0 saturated carbocycles. The topological polar surface area (TPSA) is 98.1 Å². The first-order valence-corrected chi connectivity index (χ1v) is 8.80. The first-order valence-electron chi connectivity index (χ1n) is 8.80. The van der Waals surface area contributed by atoms with Crippen molar-refractivity contribution in [2.45, 2.75) is 39.5 Å². The molecule has 1 aliphatic heterocycles. The predicted molar refractivity (Wildman–Crippen MR) is 93.7 cm³/mol. The predicted octanol–water partition coefficient (Wildman–Crippen LogP) is 1.88. The van der Waals surface area contributed by atoms with Gasteiger partial charge in [-0.2, -0.15) is 0 Å². The summed E-state index contributed by atoms with van der Waals surface area (Å²) >= 11 is 0. The van der Waals surface area contributed by atoms with Crippen LogP contribution in [0.1, 0.15) is 36.4 Å². The number of aromatic nitrogens is 3. The maximum atomic E-state index is 12.1. The average Bonchev–Trinajstić information content (AvgIpc) is 2.94. The third-order valence-corrected chi connectivity index (χ3v) is 4.74. The molecule has 0 aromatic carbocycles. The molecule has 1 aliphatic rings. The number of carbonyl (C=O) groups is 1. The summed E-state index contributed by atoms with van der Waals surface area (Å²) in [7, 11) is 0. The lowest BCUT2D eigenvalue weighted by Crippen LogP contribution is -2.41. The number of nitrogens with two attached hydrogens (primary N) is 1. The molecule has 1 saturated heterocycles. The van der Waals surface area contributed by atoms with Gasteiger partial charge >= 0.3 is 0 Å². The zero-order chi connectivity index (χ0) is 17.8. The van der Waals surface area contributed by atoms with Gasteiger partial charge in [-0.05, 0) is 45.1 Å². The van der Waals surface area contributed by atoms with Gasteiger partial charge in [-0.15, -0.1) is 0 Å². The Balaban J connectivity index is 1.71. The van der Waals surface area contributed by atoms with Gasteiger partial charge in [0.2, 0.25) is 5.91 Å². The first kappa shape index (κ1) is 17.5. The van der Waals surface area contributed by atoms with Crippen LogP contribution in [0, 0.1) is 19.8 Å². The summed E-state index contributed by atoms with van der Waals surface area (Å²) in [6.07, 6.45) is 5.00. The van der Waals surface area contributed by atoms with Crippen molar-refractivity contribution in [1.82, 2.24) is 20.0 Å². The molecule has 0 aliphatic carbocycles. The minimum atomic E-state index is 0.159. The molecule has 7 nitrogen and oxygen atoms in total. The van der Waals surface area contributed by atoms with Crippen LogP contribution < -0.4 is 5.73 Å². The Kier molecular flexibility index (Phi) is 5.43. The van der Waals surface area contributed by atoms with Crippen molar-refractivity contribution in [3.8, 4) is 11.3 Å². The molecule has 7 heteroatoms.